The Morgan fingerprint density at radius 1 is 0.517 bits per heavy atom. The molecule has 0 radical (unpaired) electrons. The van der Waals surface area contributed by atoms with Crippen LogP contribution in [0.3, 0.4) is 0 Å². The van der Waals surface area contributed by atoms with E-state index in [-0.39, 0.29) is 25.7 Å². The van der Waals surface area contributed by atoms with Crippen molar-refractivity contribution in [1.29, 1.82) is 0 Å². The van der Waals surface area contributed by atoms with Crippen molar-refractivity contribution in [3.63, 3.8) is 0 Å². The fraction of sp³-hybridized carbons (Fsp3) is 0.778. The van der Waals surface area contributed by atoms with Gasteiger partial charge in [0.2, 0.25) is 0 Å². The quantitative estimate of drug-likeness (QED) is 0.167. The summed E-state index contributed by atoms with van der Waals surface area (Å²) in [5, 5.41) is 38.3. The number of rotatable bonds is 20. The molecule has 0 unspecified atom stereocenters. The Bertz CT molecular complexity index is 435. The van der Waals surface area contributed by atoms with Crippen LogP contribution in [0.5, 0.6) is 0 Å². The van der Waals surface area contributed by atoms with E-state index in [1.807, 2.05) is 9.80 Å². The average molecular weight is 419 g/mol. The normalized spacial score (nSPS) is 11.1. The lowest BCUT2D eigenvalue weighted by molar-refractivity contribution is -0.139. The van der Waals surface area contributed by atoms with E-state index < -0.39 is 23.9 Å². The molecule has 0 saturated carbocycles. The third kappa shape index (κ3) is 18.9. The van der Waals surface area contributed by atoms with Gasteiger partial charge in [0.25, 0.3) is 0 Å². The van der Waals surface area contributed by atoms with Gasteiger partial charge < -0.3 is 35.5 Å². The summed E-state index contributed by atoms with van der Waals surface area (Å²) in [4.78, 5) is 46.4. The van der Waals surface area contributed by atoms with Crippen LogP contribution >= 0.6 is 0 Å². The lowest BCUT2D eigenvalue weighted by Crippen LogP contribution is -2.33. The van der Waals surface area contributed by atoms with Crippen molar-refractivity contribution in [3.05, 3.63) is 0 Å². The Morgan fingerprint density at radius 3 is 1.03 bits per heavy atom. The number of carboxylic acids is 4. The van der Waals surface area contributed by atoms with E-state index in [2.05, 4.69) is 5.32 Å². The van der Waals surface area contributed by atoms with Gasteiger partial charge in [-0.15, -0.1) is 0 Å². The van der Waals surface area contributed by atoms with Crippen LogP contribution in [0.1, 0.15) is 38.5 Å². The number of carbonyl (C=O) groups is 4. The average Bonchev–Trinajstić information content (AvgIpc) is 2.63. The van der Waals surface area contributed by atoms with E-state index in [0.29, 0.717) is 52.4 Å². The lowest BCUT2D eigenvalue weighted by Gasteiger charge is -2.21. The number of nitrogens with one attached hydrogen (secondary N) is 1. The van der Waals surface area contributed by atoms with E-state index in [1.54, 1.807) is 0 Å². The fourth-order valence-corrected chi connectivity index (χ4v) is 2.67. The molecule has 0 bridgehead atoms. The largest absolute Gasteiger partial charge is 0.481 e. The van der Waals surface area contributed by atoms with Crippen LogP contribution in [-0.4, -0.2) is 106 Å². The van der Waals surface area contributed by atoms with Gasteiger partial charge in [-0.05, 0) is 39.0 Å². The van der Waals surface area contributed by atoms with Crippen LogP contribution in [0.2, 0.25) is 0 Å². The number of aliphatic carboxylic acids is 4. The number of hydrogen-bond acceptors (Lipinski definition) is 7. The second-order valence-electron chi connectivity index (χ2n) is 6.72. The second kappa shape index (κ2) is 16.7. The van der Waals surface area contributed by atoms with Gasteiger partial charge in [-0.3, -0.25) is 19.2 Å². The van der Waals surface area contributed by atoms with Crippen LogP contribution in [-0.2, 0) is 19.2 Å². The predicted molar refractivity (Wildman–Crippen MR) is 104 cm³/mol. The summed E-state index contributed by atoms with van der Waals surface area (Å²) in [6.45, 7) is 3.79. The SMILES string of the molecule is O=C(O)CCN(CCCNCCCN(CCC(=O)O)CCC(=O)O)CCC(=O)O. The minimum Gasteiger partial charge on any atom is -0.481 e. The standard InChI is InChI=1S/C18H33N3O8/c22-15(23)3-11-20(12-4-16(24)25)9-1-7-19-8-2-10-21(13-5-17(26)27)14-6-18(28)29/h19H,1-14H2,(H,22,23)(H,24,25)(H,26,27)(H,28,29). The molecular weight excluding hydrogens is 386 g/mol. The van der Waals surface area contributed by atoms with E-state index >= 15 is 0 Å². The van der Waals surface area contributed by atoms with Gasteiger partial charge in [-0.2, -0.15) is 0 Å². The molecule has 0 heterocycles. The highest BCUT2D eigenvalue weighted by atomic mass is 16.4. The highest BCUT2D eigenvalue weighted by Gasteiger charge is 2.11. The van der Waals surface area contributed by atoms with Crippen LogP contribution in [0.25, 0.3) is 0 Å². The molecule has 0 aromatic heterocycles. The number of carboxylic acid groups (broad SMARTS) is 4. The van der Waals surface area contributed by atoms with E-state index in [1.165, 1.54) is 0 Å². The van der Waals surface area contributed by atoms with Crippen LogP contribution in [0.4, 0.5) is 0 Å². The van der Waals surface area contributed by atoms with E-state index in [9.17, 15) is 19.2 Å². The summed E-state index contributed by atoms with van der Waals surface area (Å²) in [7, 11) is 0. The summed E-state index contributed by atoms with van der Waals surface area (Å²) in [5.74, 6) is -3.67. The smallest absolute Gasteiger partial charge is 0.304 e. The summed E-state index contributed by atoms with van der Waals surface area (Å²) in [6.07, 6.45) is 1.35. The van der Waals surface area contributed by atoms with E-state index in [4.69, 9.17) is 20.4 Å². The molecule has 0 aromatic rings. The van der Waals surface area contributed by atoms with Crippen LogP contribution in [0, 0.1) is 0 Å². The van der Waals surface area contributed by atoms with Crippen molar-refractivity contribution in [1.82, 2.24) is 15.1 Å². The maximum Gasteiger partial charge on any atom is 0.304 e. The van der Waals surface area contributed by atoms with Crippen LogP contribution in [0.15, 0.2) is 0 Å². The van der Waals surface area contributed by atoms with Crippen molar-refractivity contribution in [2.45, 2.75) is 38.5 Å². The molecule has 0 saturated heterocycles. The minimum atomic E-state index is -0.918. The van der Waals surface area contributed by atoms with Gasteiger partial charge in [0.05, 0.1) is 25.7 Å². The van der Waals surface area contributed by atoms with Gasteiger partial charge in [0, 0.05) is 26.2 Å². The van der Waals surface area contributed by atoms with Crippen molar-refractivity contribution in [2.24, 2.45) is 0 Å². The van der Waals surface area contributed by atoms with Crippen molar-refractivity contribution in [2.75, 3.05) is 52.4 Å². The molecule has 0 aromatic carbocycles. The summed E-state index contributed by atoms with van der Waals surface area (Å²) < 4.78 is 0. The Balaban J connectivity index is 4.02. The van der Waals surface area contributed by atoms with Crippen molar-refractivity contribution < 1.29 is 39.6 Å². The highest BCUT2D eigenvalue weighted by molar-refractivity contribution is 5.68. The van der Waals surface area contributed by atoms with Gasteiger partial charge in [-0.25, -0.2) is 0 Å². The Hall–Kier alpha value is -2.24. The highest BCUT2D eigenvalue weighted by Crippen LogP contribution is 1.99. The summed E-state index contributed by atoms with van der Waals surface area (Å²) in [5.41, 5.74) is 0. The maximum absolute atomic E-state index is 10.7. The zero-order valence-corrected chi connectivity index (χ0v) is 16.7. The minimum absolute atomic E-state index is 0.0322. The molecule has 0 fully saturated rings. The maximum atomic E-state index is 10.7. The lowest BCUT2D eigenvalue weighted by atomic mass is 10.2. The third-order valence-corrected chi connectivity index (χ3v) is 4.22. The monoisotopic (exact) mass is 419 g/mol. The van der Waals surface area contributed by atoms with Crippen LogP contribution < -0.4 is 5.32 Å². The summed E-state index contributed by atoms with van der Waals surface area (Å²) >= 11 is 0. The molecule has 168 valence electrons. The molecular formula is C18H33N3O8. The first-order valence-corrected chi connectivity index (χ1v) is 9.73. The second-order valence-corrected chi connectivity index (χ2v) is 6.72. The van der Waals surface area contributed by atoms with Crippen molar-refractivity contribution >= 4 is 23.9 Å². The van der Waals surface area contributed by atoms with Gasteiger partial charge in [-0.1, -0.05) is 0 Å². The summed E-state index contributed by atoms with van der Waals surface area (Å²) in [6, 6.07) is 0. The molecule has 5 N–H and O–H groups in total. The molecule has 29 heavy (non-hydrogen) atoms. The number of hydrogen-bond donors (Lipinski definition) is 5. The fourth-order valence-electron chi connectivity index (χ4n) is 2.67. The predicted octanol–water partition coefficient (Wildman–Crippen LogP) is -0.141. The van der Waals surface area contributed by atoms with Gasteiger partial charge in [0.15, 0.2) is 0 Å². The molecule has 0 amide bonds. The molecule has 0 spiro atoms. The molecule has 11 heteroatoms. The first-order chi connectivity index (χ1) is 13.7. The molecule has 0 rings (SSSR count). The molecule has 0 atom stereocenters. The first-order valence-electron chi connectivity index (χ1n) is 9.73. The van der Waals surface area contributed by atoms with Gasteiger partial charge >= 0.3 is 23.9 Å². The Kier molecular flexibility index (Phi) is 15.4. The van der Waals surface area contributed by atoms with E-state index in [0.717, 1.165) is 12.8 Å². The zero-order valence-electron chi connectivity index (χ0n) is 16.7. The zero-order chi connectivity index (χ0) is 22.1. The molecule has 0 aliphatic rings. The first kappa shape index (κ1) is 26.8. The third-order valence-electron chi connectivity index (χ3n) is 4.22. The Labute approximate surface area is 170 Å². The Morgan fingerprint density at radius 2 is 0.793 bits per heavy atom. The van der Waals surface area contributed by atoms with Gasteiger partial charge in [0.1, 0.15) is 0 Å². The number of nitrogens with zero attached hydrogens (tertiary/aromatic N) is 2. The molecule has 0 aliphatic heterocycles. The topological polar surface area (TPSA) is 168 Å². The van der Waals surface area contributed by atoms with Crippen molar-refractivity contribution in [3.8, 4) is 0 Å². The molecule has 11 nitrogen and oxygen atoms in total. The molecule has 0 aliphatic carbocycles.